The van der Waals surface area contributed by atoms with E-state index in [0.717, 1.165) is 32.1 Å². The maximum Gasteiger partial charge on any atom is 0.136 e. The van der Waals surface area contributed by atoms with Gasteiger partial charge in [0.15, 0.2) is 0 Å². The summed E-state index contributed by atoms with van der Waals surface area (Å²) >= 11 is 0. The Morgan fingerprint density at radius 3 is 2.72 bits per heavy atom. The van der Waals surface area contributed by atoms with Gasteiger partial charge >= 0.3 is 0 Å². The standard InChI is InChI=1S/C15H26O3/c1-2-3-4-5-11(16)7-6-10-8-12-13(15(10)18)9-14(12)17/h10-13,15-16,18H,2-9H2,1H3. The van der Waals surface area contributed by atoms with Crippen molar-refractivity contribution in [2.75, 3.05) is 0 Å². The maximum absolute atomic E-state index is 11.4. The molecule has 3 heteroatoms. The highest BCUT2D eigenvalue weighted by Crippen LogP contribution is 2.48. The van der Waals surface area contributed by atoms with Crippen LogP contribution in [0.15, 0.2) is 0 Å². The molecule has 0 aliphatic heterocycles. The summed E-state index contributed by atoms with van der Waals surface area (Å²) in [6.45, 7) is 2.16. The first-order valence-electron chi connectivity index (χ1n) is 7.52. The van der Waals surface area contributed by atoms with Crippen molar-refractivity contribution in [3.8, 4) is 0 Å². The summed E-state index contributed by atoms with van der Waals surface area (Å²) < 4.78 is 0. The van der Waals surface area contributed by atoms with Crippen LogP contribution in [0.4, 0.5) is 0 Å². The molecule has 104 valence electrons. The number of unbranched alkanes of at least 4 members (excludes halogenated alkanes) is 2. The number of hydrogen-bond donors (Lipinski definition) is 2. The average Bonchev–Trinajstić information content (AvgIpc) is 2.59. The first-order valence-corrected chi connectivity index (χ1v) is 7.52. The minimum atomic E-state index is -0.296. The van der Waals surface area contributed by atoms with Gasteiger partial charge in [-0.3, -0.25) is 4.79 Å². The van der Waals surface area contributed by atoms with Gasteiger partial charge in [-0.1, -0.05) is 26.2 Å². The molecule has 2 aliphatic rings. The van der Waals surface area contributed by atoms with Crippen LogP contribution in [-0.2, 0) is 4.79 Å². The molecule has 0 amide bonds. The molecule has 0 saturated heterocycles. The third-order valence-corrected chi connectivity index (χ3v) is 4.86. The SMILES string of the molecule is CCCCCC(O)CCC1CC2C(=O)CC2C1O. The lowest BCUT2D eigenvalue weighted by Crippen LogP contribution is -2.38. The zero-order chi connectivity index (χ0) is 13.1. The van der Waals surface area contributed by atoms with Crippen LogP contribution in [0.3, 0.4) is 0 Å². The summed E-state index contributed by atoms with van der Waals surface area (Å²) in [4.78, 5) is 11.4. The molecule has 2 fully saturated rings. The number of carbonyl (C=O) groups excluding carboxylic acids is 1. The van der Waals surface area contributed by atoms with Crippen molar-refractivity contribution >= 4 is 5.78 Å². The Bertz CT molecular complexity index is 289. The van der Waals surface area contributed by atoms with Gasteiger partial charge in [-0.25, -0.2) is 0 Å². The van der Waals surface area contributed by atoms with Gasteiger partial charge in [0, 0.05) is 18.3 Å². The molecule has 5 atom stereocenters. The van der Waals surface area contributed by atoms with Crippen LogP contribution < -0.4 is 0 Å². The first-order chi connectivity index (χ1) is 8.63. The lowest BCUT2D eigenvalue weighted by Gasteiger charge is -2.30. The molecule has 2 rings (SSSR count). The molecule has 0 aromatic rings. The Morgan fingerprint density at radius 1 is 1.33 bits per heavy atom. The van der Waals surface area contributed by atoms with E-state index in [2.05, 4.69) is 6.92 Å². The average molecular weight is 254 g/mol. The van der Waals surface area contributed by atoms with Crippen LogP contribution in [0.25, 0.3) is 0 Å². The fourth-order valence-corrected chi connectivity index (χ4v) is 3.55. The third kappa shape index (κ3) is 2.94. The van der Waals surface area contributed by atoms with E-state index >= 15 is 0 Å². The molecule has 18 heavy (non-hydrogen) atoms. The lowest BCUT2D eigenvalue weighted by molar-refractivity contribution is -0.135. The smallest absolute Gasteiger partial charge is 0.136 e. The van der Waals surface area contributed by atoms with Crippen LogP contribution in [-0.4, -0.2) is 28.2 Å². The summed E-state index contributed by atoms with van der Waals surface area (Å²) in [5.74, 6) is 0.958. The second-order valence-electron chi connectivity index (χ2n) is 6.15. The van der Waals surface area contributed by atoms with Crippen LogP contribution in [0.2, 0.25) is 0 Å². The predicted octanol–water partition coefficient (Wildman–Crippen LogP) is 2.29. The molecule has 0 radical (unpaired) electrons. The zero-order valence-corrected chi connectivity index (χ0v) is 11.3. The largest absolute Gasteiger partial charge is 0.393 e. The highest BCUT2D eigenvalue weighted by Gasteiger charge is 2.52. The lowest BCUT2D eigenvalue weighted by atomic mass is 9.74. The monoisotopic (exact) mass is 254 g/mol. The van der Waals surface area contributed by atoms with Gasteiger partial charge in [0.25, 0.3) is 0 Å². The fourth-order valence-electron chi connectivity index (χ4n) is 3.55. The summed E-state index contributed by atoms with van der Waals surface area (Å²) in [6, 6.07) is 0. The highest BCUT2D eigenvalue weighted by molar-refractivity contribution is 5.88. The molecular weight excluding hydrogens is 228 g/mol. The van der Waals surface area contributed by atoms with E-state index in [9.17, 15) is 15.0 Å². The Morgan fingerprint density at radius 2 is 2.11 bits per heavy atom. The van der Waals surface area contributed by atoms with Gasteiger partial charge in [-0.05, 0) is 31.6 Å². The predicted molar refractivity (Wildman–Crippen MR) is 70.1 cm³/mol. The van der Waals surface area contributed by atoms with Crippen molar-refractivity contribution < 1.29 is 15.0 Å². The molecule has 2 N–H and O–H groups in total. The van der Waals surface area contributed by atoms with Crippen LogP contribution in [0.5, 0.6) is 0 Å². The van der Waals surface area contributed by atoms with Gasteiger partial charge in [0.05, 0.1) is 12.2 Å². The summed E-state index contributed by atoms with van der Waals surface area (Å²) in [7, 11) is 0. The number of Topliss-reactive ketones (excluding diaryl/α,β-unsaturated/α-hetero) is 1. The molecular formula is C15H26O3. The normalized spacial score (nSPS) is 36.3. The number of rotatable bonds is 7. The number of ketones is 1. The van der Waals surface area contributed by atoms with Crippen LogP contribution in [0.1, 0.15) is 58.3 Å². The molecule has 3 nitrogen and oxygen atoms in total. The number of fused-ring (bicyclic) bond motifs is 1. The quantitative estimate of drug-likeness (QED) is 0.685. The number of aliphatic hydroxyl groups excluding tert-OH is 2. The molecule has 2 saturated carbocycles. The molecule has 0 aromatic heterocycles. The third-order valence-electron chi connectivity index (χ3n) is 4.86. The summed E-state index contributed by atoms with van der Waals surface area (Å²) in [5, 5.41) is 20.0. The second-order valence-corrected chi connectivity index (χ2v) is 6.15. The van der Waals surface area contributed by atoms with E-state index < -0.39 is 0 Å². The van der Waals surface area contributed by atoms with Crippen LogP contribution >= 0.6 is 0 Å². The number of hydrogen-bond acceptors (Lipinski definition) is 3. The van der Waals surface area contributed by atoms with Crippen molar-refractivity contribution in [3.05, 3.63) is 0 Å². The van der Waals surface area contributed by atoms with Crippen LogP contribution in [0, 0.1) is 17.8 Å². The van der Waals surface area contributed by atoms with E-state index in [-0.39, 0.29) is 30.0 Å². The number of aliphatic hydroxyl groups is 2. The van der Waals surface area contributed by atoms with E-state index in [0.29, 0.717) is 12.2 Å². The fraction of sp³-hybridized carbons (Fsp3) is 0.933. The van der Waals surface area contributed by atoms with Gasteiger partial charge < -0.3 is 10.2 Å². The molecule has 0 aromatic carbocycles. The Balaban J connectivity index is 1.66. The number of carbonyl (C=O) groups is 1. The molecule has 0 heterocycles. The summed E-state index contributed by atoms with van der Waals surface area (Å²) in [6.07, 6.45) is 6.90. The molecule has 2 aliphatic carbocycles. The van der Waals surface area contributed by atoms with E-state index in [4.69, 9.17) is 0 Å². The van der Waals surface area contributed by atoms with Gasteiger partial charge in [-0.15, -0.1) is 0 Å². The van der Waals surface area contributed by atoms with Crippen molar-refractivity contribution in [2.45, 2.75) is 70.5 Å². The second kappa shape index (κ2) is 6.16. The highest BCUT2D eigenvalue weighted by atomic mass is 16.3. The minimum absolute atomic E-state index is 0.141. The Labute approximate surface area is 110 Å². The van der Waals surface area contributed by atoms with Gasteiger partial charge in [0.1, 0.15) is 5.78 Å². The van der Waals surface area contributed by atoms with Crippen molar-refractivity contribution in [3.63, 3.8) is 0 Å². The van der Waals surface area contributed by atoms with Gasteiger partial charge in [-0.2, -0.15) is 0 Å². The van der Waals surface area contributed by atoms with E-state index in [1.54, 1.807) is 0 Å². The van der Waals surface area contributed by atoms with Gasteiger partial charge in [0.2, 0.25) is 0 Å². The summed E-state index contributed by atoms with van der Waals surface area (Å²) in [5.41, 5.74) is 0. The molecule has 0 spiro atoms. The van der Waals surface area contributed by atoms with E-state index in [1.165, 1.54) is 12.8 Å². The topological polar surface area (TPSA) is 57.5 Å². The zero-order valence-electron chi connectivity index (χ0n) is 11.3. The minimum Gasteiger partial charge on any atom is -0.393 e. The van der Waals surface area contributed by atoms with Crippen molar-refractivity contribution in [2.24, 2.45) is 17.8 Å². The Hall–Kier alpha value is -0.410. The van der Waals surface area contributed by atoms with Crippen molar-refractivity contribution in [1.29, 1.82) is 0 Å². The Kier molecular flexibility index (Phi) is 4.79. The van der Waals surface area contributed by atoms with Crippen molar-refractivity contribution in [1.82, 2.24) is 0 Å². The van der Waals surface area contributed by atoms with E-state index in [1.807, 2.05) is 0 Å². The maximum atomic E-state index is 11.4. The molecule has 0 bridgehead atoms. The molecule has 5 unspecified atom stereocenters. The first kappa shape index (κ1) is 14.0.